The Morgan fingerprint density at radius 1 is 1.44 bits per heavy atom. The van der Waals surface area contributed by atoms with Crippen molar-refractivity contribution in [3.05, 3.63) is 11.1 Å². The van der Waals surface area contributed by atoms with Gasteiger partial charge in [-0.2, -0.15) is 0 Å². The molecule has 0 aromatic carbocycles. The Balaban J connectivity index is 2.18. The van der Waals surface area contributed by atoms with Gasteiger partial charge in [-0.15, -0.1) is 11.3 Å². The van der Waals surface area contributed by atoms with E-state index < -0.39 is 5.97 Å². The van der Waals surface area contributed by atoms with Gasteiger partial charge in [0.25, 0.3) is 0 Å². The molecule has 0 aliphatic heterocycles. The molecule has 0 aliphatic carbocycles. The van der Waals surface area contributed by atoms with Crippen molar-refractivity contribution in [1.29, 1.82) is 0 Å². The van der Waals surface area contributed by atoms with Crippen LogP contribution in [0.15, 0.2) is 5.38 Å². The first kappa shape index (κ1) is 12.6. The lowest BCUT2D eigenvalue weighted by Crippen LogP contribution is -2.11. The summed E-state index contributed by atoms with van der Waals surface area (Å²) in [7, 11) is 0. The Labute approximate surface area is 97.5 Å². The summed E-state index contributed by atoms with van der Waals surface area (Å²) in [6, 6.07) is 0. The van der Waals surface area contributed by atoms with E-state index in [0.717, 1.165) is 5.69 Å². The van der Waals surface area contributed by atoms with Crippen molar-refractivity contribution >= 4 is 28.3 Å². The number of unbranched alkanes of at least 4 members (excludes halogenated alkanes) is 1. The van der Waals surface area contributed by atoms with Gasteiger partial charge in [0.2, 0.25) is 5.91 Å². The Morgan fingerprint density at radius 3 is 2.69 bits per heavy atom. The van der Waals surface area contributed by atoms with Crippen LogP contribution in [0.5, 0.6) is 0 Å². The molecule has 0 spiro atoms. The second-order valence-corrected chi connectivity index (χ2v) is 4.30. The van der Waals surface area contributed by atoms with Crippen molar-refractivity contribution in [2.75, 3.05) is 5.32 Å². The maximum atomic E-state index is 11.4. The molecule has 6 heteroatoms. The number of aromatic nitrogens is 1. The van der Waals surface area contributed by atoms with Gasteiger partial charge in [0.15, 0.2) is 5.13 Å². The van der Waals surface area contributed by atoms with Crippen LogP contribution in [-0.2, 0) is 9.59 Å². The fourth-order valence-corrected chi connectivity index (χ4v) is 1.86. The third-order valence-electron chi connectivity index (χ3n) is 1.91. The topological polar surface area (TPSA) is 79.3 Å². The smallest absolute Gasteiger partial charge is 0.303 e. The Bertz CT molecular complexity index is 376. The summed E-state index contributed by atoms with van der Waals surface area (Å²) in [6.45, 7) is 1.86. The van der Waals surface area contributed by atoms with Gasteiger partial charge in [-0.3, -0.25) is 9.59 Å². The van der Waals surface area contributed by atoms with Crippen molar-refractivity contribution in [3.8, 4) is 0 Å². The molecule has 0 aliphatic rings. The van der Waals surface area contributed by atoms with Crippen LogP contribution in [0.3, 0.4) is 0 Å². The molecular weight excluding hydrogens is 228 g/mol. The fraction of sp³-hybridized carbons (Fsp3) is 0.500. The molecule has 0 saturated carbocycles. The van der Waals surface area contributed by atoms with Crippen LogP contribution in [0.25, 0.3) is 0 Å². The van der Waals surface area contributed by atoms with Crippen molar-refractivity contribution in [2.45, 2.75) is 32.6 Å². The molecule has 0 saturated heterocycles. The van der Waals surface area contributed by atoms with Crippen LogP contribution in [-0.4, -0.2) is 22.0 Å². The standard InChI is InChI=1S/C10H14N2O3S/c1-7-6-16-10(11-7)12-8(13)4-2-3-5-9(14)15/h6H,2-5H2,1H3,(H,14,15)(H,11,12,13). The molecule has 0 unspecified atom stereocenters. The highest BCUT2D eigenvalue weighted by atomic mass is 32.1. The van der Waals surface area contributed by atoms with Crippen LogP contribution in [0.1, 0.15) is 31.4 Å². The number of carbonyl (C=O) groups is 2. The van der Waals surface area contributed by atoms with Crippen molar-refractivity contribution in [3.63, 3.8) is 0 Å². The van der Waals surface area contributed by atoms with Gasteiger partial charge in [-0.25, -0.2) is 4.98 Å². The van der Waals surface area contributed by atoms with Crippen LogP contribution < -0.4 is 5.32 Å². The first-order chi connectivity index (χ1) is 7.58. The van der Waals surface area contributed by atoms with E-state index >= 15 is 0 Å². The minimum Gasteiger partial charge on any atom is -0.481 e. The highest BCUT2D eigenvalue weighted by Crippen LogP contribution is 2.14. The van der Waals surface area contributed by atoms with Crippen LogP contribution in [0, 0.1) is 6.92 Å². The zero-order chi connectivity index (χ0) is 12.0. The van der Waals surface area contributed by atoms with E-state index in [9.17, 15) is 9.59 Å². The van der Waals surface area contributed by atoms with Crippen molar-refractivity contribution < 1.29 is 14.7 Å². The molecule has 1 rings (SSSR count). The number of hydrogen-bond acceptors (Lipinski definition) is 4. The van der Waals surface area contributed by atoms with E-state index in [2.05, 4.69) is 10.3 Å². The predicted octanol–water partition coefficient (Wildman–Crippen LogP) is 2.04. The molecule has 16 heavy (non-hydrogen) atoms. The van der Waals surface area contributed by atoms with Gasteiger partial charge in [-0.05, 0) is 19.8 Å². The number of anilines is 1. The number of amides is 1. The number of thiazole rings is 1. The number of rotatable bonds is 6. The predicted molar refractivity (Wildman–Crippen MR) is 61.6 cm³/mol. The molecule has 1 aromatic heterocycles. The first-order valence-electron chi connectivity index (χ1n) is 5.01. The normalized spacial score (nSPS) is 10.1. The highest BCUT2D eigenvalue weighted by Gasteiger charge is 2.05. The summed E-state index contributed by atoms with van der Waals surface area (Å²) in [5.41, 5.74) is 0.881. The fourth-order valence-electron chi connectivity index (χ4n) is 1.15. The lowest BCUT2D eigenvalue weighted by atomic mass is 10.2. The average Bonchev–Trinajstić information content (AvgIpc) is 2.58. The van der Waals surface area contributed by atoms with Crippen LogP contribution >= 0.6 is 11.3 Å². The molecular formula is C10H14N2O3S. The second-order valence-electron chi connectivity index (χ2n) is 3.44. The average molecular weight is 242 g/mol. The highest BCUT2D eigenvalue weighted by molar-refractivity contribution is 7.13. The molecule has 0 fully saturated rings. The summed E-state index contributed by atoms with van der Waals surface area (Å²) < 4.78 is 0. The van der Waals surface area contributed by atoms with Gasteiger partial charge >= 0.3 is 5.97 Å². The molecule has 1 aromatic rings. The number of carboxylic acid groups (broad SMARTS) is 1. The van der Waals surface area contributed by atoms with E-state index in [4.69, 9.17) is 5.11 Å². The second kappa shape index (κ2) is 6.22. The third kappa shape index (κ3) is 4.88. The summed E-state index contributed by atoms with van der Waals surface area (Å²) in [5.74, 6) is -0.935. The van der Waals surface area contributed by atoms with Crippen LogP contribution in [0.4, 0.5) is 5.13 Å². The van der Waals surface area contributed by atoms with Crippen molar-refractivity contribution in [1.82, 2.24) is 4.98 Å². The summed E-state index contributed by atoms with van der Waals surface area (Å²) in [4.78, 5) is 25.7. The van der Waals surface area contributed by atoms with Crippen LogP contribution in [0.2, 0.25) is 0 Å². The van der Waals surface area contributed by atoms with Gasteiger partial charge in [-0.1, -0.05) is 0 Å². The summed E-state index contributed by atoms with van der Waals surface area (Å²) >= 11 is 1.38. The molecule has 88 valence electrons. The van der Waals surface area contributed by atoms with Gasteiger partial charge in [0.05, 0.1) is 5.69 Å². The minimum absolute atomic E-state index is 0.111. The largest absolute Gasteiger partial charge is 0.481 e. The Kier molecular flexibility index (Phi) is 4.91. The number of nitrogens with one attached hydrogen (secondary N) is 1. The Morgan fingerprint density at radius 2 is 2.12 bits per heavy atom. The van der Waals surface area contributed by atoms with Gasteiger partial charge in [0.1, 0.15) is 0 Å². The van der Waals surface area contributed by atoms with E-state index in [1.807, 2.05) is 12.3 Å². The van der Waals surface area contributed by atoms with Gasteiger partial charge in [0, 0.05) is 18.2 Å². The van der Waals surface area contributed by atoms with Crippen molar-refractivity contribution in [2.24, 2.45) is 0 Å². The molecule has 0 radical (unpaired) electrons. The summed E-state index contributed by atoms with van der Waals surface area (Å²) in [6.07, 6.45) is 1.57. The zero-order valence-corrected chi connectivity index (χ0v) is 9.84. The third-order valence-corrected chi connectivity index (χ3v) is 2.79. The lowest BCUT2D eigenvalue weighted by molar-refractivity contribution is -0.137. The molecule has 1 heterocycles. The van der Waals surface area contributed by atoms with E-state index in [1.54, 1.807) is 0 Å². The molecule has 0 atom stereocenters. The SMILES string of the molecule is Cc1csc(NC(=O)CCCCC(=O)O)n1. The molecule has 2 N–H and O–H groups in total. The Hall–Kier alpha value is -1.43. The maximum Gasteiger partial charge on any atom is 0.303 e. The number of carbonyl (C=O) groups excluding carboxylic acids is 1. The molecule has 0 bridgehead atoms. The molecule has 5 nitrogen and oxygen atoms in total. The monoisotopic (exact) mass is 242 g/mol. The number of aliphatic carboxylic acids is 1. The van der Waals surface area contributed by atoms with E-state index in [-0.39, 0.29) is 12.3 Å². The molecule has 1 amide bonds. The maximum absolute atomic E-state index is 11.4. The first-order valence-corrected chi connectivity index (χ1v) is 5.89. The minimum atomic E-state index is -0.823. The van der Waals surface area contributed by atoms with Gasteiger partial charge < -0.3 is 10.4 Å². The number of carboxylic acids is 1. The number of nitrogens with zero attached hydrogens (tertiary/aromatic N) is 1. The number of aryl methyl sites for hydroxylation is 1. The zero-order valence-electron chi connectivity index (χ0n) is 9.02. The van der Waals surface area contributed by atoms with E-state index in [0.29, 0.717) is 24.4 Å². The number of hydrogen-bond donors (Lipinski definition) is 2. The lowest BCUT2D eigenvalue weighted by Gasteiger charge is -2.00. The van der Waals surface area contributed by atoms with E-state index in [1.165, 1.54) is 11.3 Å². The summed E-state index contributed by atoms with van der Waals surface area (Å²) in [5, 5.41) is 13.5. The quantitative estimate of drug-likeness (QED) is 0.748.